The van der Waals surface area contributed by atoms with Crippen molar-refractivity contribution in [3.63, 3.8) is 0 Å². The Kier molecular flexibility index (Phi) is 3.97. The normalized spacial score (nSPS) is 9.92. The lowest BCUT2D eigenvalue weighted by atomic mass is 10.2. The molecule has 0 saturated heterocycles. The molecule has 0 radical (unpaired) electrons. The number of nitrogens with zero attached hydrogens (tertiary/aromatic N) is 1. The molecular formula is C10H8ClNO. The molecule has 1 aromatic carbocycles. The van der Waals surface area contributed by atoms with E-state index < -0.39 is 0 Å². The monoisotopic (exact) mass is 193 g/mol. The first kappa shape index (κ1) is 9.72. The summed E-state index contributed by atoms with van der Waals surface area (Å²) in [4.78, 5) is 13.1. The molecule has 0 amide bonds. The molecule has 3 heteroatoms. The van der Waals surface area contributed by atoms with Crippen molar-refractivity contribution >= 4 is 23.8 Å². The van der Waals surface area contributed by atoms with E-state index in [4.69, 9.17) is 11.6 Å². The smallest absolute Gasteiger partial charge is 0.211 e. The summed E-state index contributed by atoms with van der Waals surface area (Å²) in [5.74, 6) is 0. The van der Waals surface area contributed by atoms with Crippen LogP contribution in [-0.4, -0.2) is 12.6 Å². The molecule has 0 N–H and O–H groups in total. The van der Waals surface area contributed by atoms with Crippen LogP contribution in [0.1, 0.15) is 5.56 Å². The van der Waals surface area contributed by atoms with Crippen LogP contribution in [0.4, 0.5) is 0 Å². The van der Waals surface area contributed by atoms with Crippen molar-refractivity contribution in [1.29, 1.82) is 0 Å². The average molecular weight is 194 g/mol. The quantitative estimate of drug-likeness (QED) is 0.536. The first-order chi connectivity index (χ1) is 6.34. The molecule has 0 aliphatic rings. The van der Waals surface area contributed by atoms with Crippen molar-refractivity contribution in [3.05, 3.63) is 40.9 Å². The van der Waals surface area contributed by atoms with Gasteiger partial charge in [0.15, 0.2) is 0 Å². The molecule has 0 unspecified atom stereocenters. The van der Waals surface area contributed by atoms with Crippen LogP contribution in [0.15, 0.2) is 35.3 Å². The van der Waals surface area contributed by atoms with E-state index in [2.05, 4.69) is 4.99 Å². The Morgan fingerprint density at radius 3 is 2.92 bits per heavy atom. The second-order valence-electron chi connectivity index (χ2n) is 2.36. The predicted molar refractivity (Wildman–Crippen MR) is 53.5 cm³/mol. The molecule has 0 aliphatic heterocycles. The van der Waals surface area contributed by atoms with Crippen LogP contribution in [0.5, 0.6) is 0 Å². The Morgan fingerprint density at radius 2 is 2.23 bits per heavy atom. The maximum atomic E-state index is 9.73. The number of isocyanates is 1. The van der Waals surface area contributed by atoms with E-state index in [1.165, 1.54) is 6.08 Å². The Labute approximate surface area is 81.6 Å². The predicted octanol–water partition coefficient (Wildman–Crippen LogP) is 2.69. The number of aliphatic imine (C=N–C) groups is 1. The minimum Gasteiger partial charge on any atom is -0.211 e. The molecular weight excluding hydrogens is 186 g/mol. The summed E-state index contributed by atoms with van der Waals surface area (Å²) >= 11 is 5.88. The number of carbonyl (C=O) groups excluding carboxylic acids is 1. The summed E-state index contributed by atoms with van der Waals surface area (Å²) in [5, 5.41) is 0.689. The summed E-state index contributed by atoms with van der Waals surface area (Å²) < 4.78 is 0. The Morgan fingerprint density at radius 1 is 1.46 bits per heavy atom. The third-order valence-corrected chi connectivity index (χ3v) is 1.81. The van der Waals surface area contributed by atoms with Crippen LogP contribution in [0, 0.1) is 0 Å². The van der Waals surface area contributed by atoms with Gasteiger partial charge in [-0.25, -0.2) is 9.79 Å². The molecule has 0 saturated carbocycles. The molecule has 2 nitrogen and oxygen atoms in total. The molecule has 0 atom stereocenters. The fourth-order valence-corrected chi connectivity index (χ4v) is 1.08. The molecule has 0 aromatic heterocycles. The van der Waals surface area contributed by atoms with Gasteiger partial charge in [0.25, 0.3) is 0 Å². The SMILES string of the molecule is O=C=NC/C=C\c1ccccc1Cl. The van der Waals surface area contributed by atoms with Crippen molar-refractivity contribution in [3.8, 4) is 0 Å². The third-order valence-electron chi connectivity index (χ3n) is 1.46. The van der Waals surface area contributed by atoms with Gasteiger partial charge in [0.2, 0.25) is 6.08 Å². The van der Waals surface area contributed by atoms with Crippen LogP contribution in [0.2, 0.25) is 5.02 Å². The highest BCUT2D eigenvalue weighted by atomic mass is 35.5. The van der Waals surface area contributed by atoms with Gasteiger partial charge in [-0.05, 0) is 11.6 Å². The van der Waals surface area contributed by atoms with Gasteiger partial charge >= 0.3 is 0 Å². The van der Waals surface area contributed by atoms with E-state index in [1.54, 1.807) is 6.08 Å². The van der Waals surface area contributed by atoms with E-state index in [9.17, 15) is 4.79 Å². The van der Waals surface area contributed by atoms with E-state index in [0.717, 1.165) is 5.56 Å². The molecule has 0 aliphatic carbocycles. The zero-order valence-corrected chi connectivity index (χ0v) is 7.66. The van der Waals surface area contributed by atoms with E-state index in [1.807, 2.05) is 30.3 Å². The Bertz CT molecular complexity index is 354. The number of hydrogen-bond donors (Lipinski definition) is 0. The summed E-state index contributed by atoms with van der Waals surface area (Å²) in [5.41, 5.74) is 0.922. The van der Waals surface area contributed by atoms with Gasteiger partial charge in [-0.1, -0.05) is 42.0 Å². The van der Waals surface area contributed by atoms with Crippen LogP contribution in [-0.2, 0) is 4.79 Å². The molecule has 0 bridgehead atoms. The molecule has 0 spiro atoms. The third kappa shape index (κ3) is 3.24. The Hall–Kier alpha value is -1.37. The van der Waals surface area contributed by atoms with Crippen molar-refractivity contribution in [2.24, 2.45) is 4.99 Å². The first-order valence-corrected chi connectivity index (χ1v) is 4.17. The fraction of sp³-hybridized carbons (Fsp3) is 0.100. The number of rotatable bonds is 3. The zero-order chi connectivity index (χ0) is 9.52. The van der Waals surface area contributed by atoms with Gasteiger partial charge in [-0.2, -0.15) is 0 Å². The second-order valence-corrected chi connectivity index (χ2v) is 2.76. The van der Waals surface area contributed by atoms with Crippen molar-refractivity contribution < 1.29 is 4.79 Å². The van der Waals surface area contributed by atoms with Gasteiger partial charge in [-0.15, -0.1) is 0 Å². The summed E-state index contributed by atoms with van der Waals surface area (Å²) in [6.07, 6.45) is 5.04. The number of benzene rings is 1. The maximum Gasteiger partial charge on any atom is 0.235 e. The van der Waals surface area contributed by atoms with E-state index in [-0.39, 0.29) is 0 Å². The number of halogens is 1. The summed E-state index contributed by atoms with van der Waals surface area (Å²) in [6.45, 7) is 0.342. The fourth-order valence-electron chi connectivity index (χ4n) is 0.880. The topological polar surface area (TPSA) is 29.4 Å². The van der Waals surface area contributed by atoms with Crippen LogP contribution in [0.25, 0.3) is 6.08 Å². The molecule has 1 rings (SSSR count). The molecule has 1 aromatic rings. The minimum absolute atomic E-state index is 0.342. The highest BCUT2D eigenvalue weighted by molar-refractivity contribution is 6.32. The lowest BCUT2D eigenvalue weighted by molar-refractivity contribution is 0.564. The van der Waals surface area contributed by atoms with Crippen molar-refractivity contribution in [1.82, 2.24) is 0 Å². The summed E-state index contributed by atoms with van der Waals surface area (Å²) in [7, 11) is 0. The number of hydrogen-bond acceptors (Lipinski definition) is 2. The maximum absolute atomic E-state index is 9.73. The van der Waals surface area contributed by atoms with Crippen molar-refractivity contribution in [2.75, 3.05) is 6.54 Å². The zero-order valence-electron chi connectivity index (χ0n) is 6.90. The summed E-state index contributed by atoms with van der Waals surface area (Å²) in [6, 6.07) is 7.46. The van der Waals surface area contributed by atoms with E-state index in [0.29, 0.717) is 11.6 Å². The molecule has 0 heterocycles. The van der Waals surface area contributed by atoms with Crippen LogP contribution >= 0.6 is 11.6 Å². The minimum atomic E-state index is 0.342. The molecule has 66 valence electrons. The van der Waals surface area contributed by atoms with Gasteiger partial charge in [-0.3, -0.25) is 0 Å². The lowest BCUT2D eigenvalue weighted by Gasteiger charge is -1.94. The molecule has 13 heavy (non-hydrogen) atoms. The highest BCUT2D eigenvalue weighted by Crippen LogP contribution is 2.15. The standard InChI is InChI=1S/C10H8ClNO/c11-10-6-2-1-4-9(10)5-3-7-12-8-13/h1-6H,7H2/b5-3-. The van der Waals surface area contributed by atoms with Crippen LogP contribution in [0.3, 0.4) is 0 Å². The van der Waals surface area contributed by atoms with Gasteiger partial charge in [0.05, 0.1) is 6.54 Å². The van der Waals surface area contributed by atoms with E-state index >= 15 is 0 Å². The first-order valence-electron chi connectivity index (χ1n) is 3.79. The highest BCUT2D eigenvalue weighted by Gasteiger charge is 1.91. The second kappa shape index (κ2) is 5.31. The van der Waals surface area contributed by atoms with Crippen LogP contribution < -0.4 is 0 Å². The molecule has 0 fully saturated rings. The van der Waals surface area contributed by atoms with Crippen molar-refractivity contribution in [2.45, 2.75) is 0 Å². The largest absolute Gasteiger partial charge is 0.235 e. The van der Waals surface area contributed by atoms with Gasteiger partial charge < -0.3 is 0 Å². The van der Waals surface area contributed by atoms with Gasteiger partial charge in [0.1, 0.15) is 0 Å². The Balaban J connectivity index is 2.68. The van der Waals surface area contributed by atoms with Gasteiger partial charge in [0, 0.05) is 5.02 Å². The lowest BCUT2D eigenvalue weighted by Crippen LogP contribution is -1.74. The average Bonchev–Trinajstić information content (AvgIpc) is 2.15.